The van der Waals surface area contributed by atoms with Crippen LogP contribution in [0.2, 0.25) is 0 Å². The molecule has 6 nitrogen and oxygen atoms in total. The summed E-state index contributed by atoms with van der Waals surface area (Å²) in [5.74, 6) is 0.874. The van der Waals surface area contributed by atoms with Crippen LogP contribution >= 0.6 is 11.8 Å². The van der Waals surface area contributed by atoms with Crippen LogP contribution in [0.3, 0.4) is 0 Å². The first-order valence-corrected chi connectivity index (χ1v) is 12.0. The van der Waals surface area contributed by atoms with Gasteiger partial charge in [0.25, 0.3) is 0 Å². The molecule has 4 rings (SSSR count). The molecule has 2 aromatic carbocycles. The largest absolute Gasteiger partial charge is 0.355 e. The maximum absolute atomic E-state index is 13.0. The van der Waals surface area contributed by atoms with Crippen molar-refractivity contribution in [3.8, 4) is 0 Å². The van der Waals surface area contributed by atoms with E-state index in [-0.39, 0.29) is 11.2 Å². The maximum atomic E-state index is 13.0. The SMILES string of the molecule is O=C(NCCCN1CCN(c2ncccn2)CC1)C(Sc1ccccc1)c1ccccc1. The van der Waals surface area contributed by atoms with E-state index < -0.39 is 0 Å². The number of nitrogens with one attached hydrogen (secondary N) is 1. The average Bonchev–Trinajstić information content (AvgIpc) is 2.87. The number of rotatable bonds is 9. The van der Waals surface area contributed by atoms with Crippen molar-refractivity contribution >= 4 is 23.6 Å². The maximum Gasteiger partial charge on any atom is 0.237 e. The number of amides is 1. The molecule has 32 heavy (non-hydrogen) atoms. The van der Waals surface area contributed by atoms with Crippen molar-refractivity contribution in [2.45, 2.75) is 16.6 Å². The number of nitrogens with zero attached hydrogens (tertiary/aromatic N) is 4. The summed E-state index contributed by atoms with van der Waals surface area (Å²) < 4.78 is 0. The summed E-state index contributed by atoms with van der Waals surface area (Å²) in [6.07, 6.45) is 4.51. The van der Waals surface area contributed by atoms with E-state index in [1.807, 2.05) is 66.7 Å². The minimum atomic E-state index is -0.256. The number of hydrogen-bond donors (Lipinski definition) is 1. The van der Waals surface area contributed by atoms with Crippen LogP contribution in [0.1, 0.15) is 17.2 Å². The topological polar surface area (TPSA) is 61.4 Å². The van der Waals surface area contributed by atoms with E-state index in [0.29, 0.717) is 6.54 Å². The van der Waals surface area contributed by atoms with Crippen molar-refractivity contribution in [2.24, 2.45) is 0 Å². The average molecular weight is 448 g/mol. The number of carbonyl (C=O) groups excluding carboxylic acids is 1. The molecule has 0 bridgehead atoms. The molecule has 7 heteroatoms. The van der Waals surface area contributed by atoms with E-state index in [2.05, 4.69) is 25.1 Å². The number of piperazine rings is 1. The zero-order valence-corrected chi connectivity index (χ0v) is 19.0. The summed E-state index contributed by atoms with van der Waals surface area (Å²) in [6.45, 7) is 5.50. The van der Waals surface area contributed by atoms with E-state index in [0.717, 1.165) is 55.6 Å². The molecule has 1 aliphatic rings. The quantitative estimate of drug-likeness (QED) is 0.399. The first-order valence-electron chi connectivity index (χ1n) is 11.1. The predicted molar refractivity (Wildman–Crippen MR) is 130 cm³/mol. The highest BCUT2D eigenvalue weighted by Crippen LogP contribution is 2.35. The monoisotopic (exact) mass is 447 g/mol. The highest BCUT2D eigenvalue weighted by molar-refractivity contribution is 8.00. The van der Waals surface area contributed by atoms with E-state index in [1.165, 1.54) is 0 Å². The third-order valence-electron chi connectivity index (χ3n) is 5.50. The molecule has 0 saturated carbocycles. The molecule has 1 fully saturated rings. The Hall–Kier alpha value is -2.90. The number of thioether (sulfide) groups is 1. The van der Waals surface area contributed by atoms with Gasteiger partial charge in [0.15, 0.2) is 0 Å². The normalized spacial score (nSPS) is 15.3. The first-order chi connectivity index (χ1) is 15.8. The third-order valence-corrected chi connectivity index (χ3v) is 6.76. The van der Waals surface area contributed by atoms with Crippen LogP contribution in [0.5, 0.6) is 0 Å². The van der Waals surface area contributed by atoms with Crippen molar-refractivity contribution < 1.29 is 4.79 Å². The lowest BCUT2D eigenvalue weighted by Gasteiger charge is -2.34. The predicted octanol–water partition coefficient (Wildman–Crippen LogP) is 3.64. The number of benzene rings is 2. The molecule has 1 amide bonds. The number of carbonyl (C=O) groups is 1. The fourth-order valence-corrected chi connectivity index (χ4v) is 4.84. The molecule has 1 unspecified atom stereocenters. The summed E-state index contributed by atoms with van der Waals surface area (Å²) in [5, 5.41) is 2.90. The minimum absolute atomic E-state index is 0.0658. The molecule has 0 aliphatic carbocycles. The van der Waals surface area contributed by atoms with Gasteiger partial charge in [-0.3, -0.25) is 9.69 Å². The molecule has 3 aromatic rings. The van der Waals surface area contributed by atoms with E-state index in [1.54, 1.807) is 24.2 Å². The highest BCUT2D eigenvalue weighted by Gasteiger charge is 2.22. The Balaban J connectivity index is 1.23. The Morgan fingerprint density at radius 2 is 1.56 bits per heavy atom. The van der Waals surface area contributed by atoms with Crippen molar-refractivity contribution in [3.05, 3.63) is 84.7 Å². The number of aromatic nitrogens is 2. The lowest BCUT2D eigenvalue weighted by molar-refractivity contribution is -0.120. The van der Waals surface area contributed by atoms with Crippen LogP contribution in [-0.2, 0) is 4.79 Å². The fraction of sp³-hybridized carbons (Fsp3) is 0.320. The standard InChI is InChI=1S/C25H29N5OS/c31-24(23(21-9-3-1-4-10-21)32-22-11-5-2-6-12-22)26-15-8-16-29-17-19-30(20-18-29)25-27-13-7-14-28-25/h1-7,9-14,23H,8,15-20H2,(H,26,31). The lowest BCUT2D eigenvalue weighted by atomic mass is 10.1. The van der Waals surface area contributed by atoms with Gasteiger partial charge in [-0.2, -0.15) is 0 Å². The zero-order chi connectivity index (χ0) is 22.0. The minimum Gasteiger partial charge on any atom is -0.355 e. The third kappa shape index (κ3) is 6.31. The highest BCUT2D eigenvalue weighted by atomic mass is 32.2. The Labute approximate surface area is 194 Å². The van der Waals surface area contributed by atoms with Crippen molar-refractivity contribution in [3.63, 3.8) is 0 Å². The molecule has 1 atom stereocenters. The molecule has 1 saturated heterocycles. The smallest absolute Gasteiger partial charge is 0.237 e. The van der Waals surface area contributed by atoms with Crippen LogP contribution in [0.25, 0.3) is 0 Å². The Morgan fingerprint density at radius 3 is 2.25 bits per heavy atom. The summed E-state index contributed by atoms with van der Waals surface area (Å²) in [7, 11) is 0. The van der Waals surface area contributed by atoms with Gasteiger partial charge in [-0.1, -0.05) is 48.5 Å². The molecule has 1 aromatic heterocycles. The molecule has 0 radical (unpaired) electrons. The second-order valence-corrected chi connectivity index (χ2v) is 8.92. The molecular weight excluding hydrogens is 418 g/mol. The second kappa shape index (κ2) is 11.6. The summed E-state index contributed by atoms with van der Waals surface area (Å²) in [5.41, 5.74) is 1.03. The number of anilines is 1. The molecule has 2 heterocycles. The van der Waals surface area contributed by atoms with Crippen LogP contribution in [0, 0.1) is 0 Å². The second-order valence-electron chi connectivity index (χ2n) is 7.74. The molecule has 0 spiro atoms. The van der Waals surface area contributed by atoms with E-state index in [4.69, 9.17) is 0 Å². The summed E-state index contributed by atoms with van der Waals surface area (Å²) in [4.78, 5) is 27.5. The van der Waals surface area contributed by atoms with Gasteiger partial charge in [-0.05, 0) is 36.7 Å². The lowest BCUT2D eigenvalue weighted by Crippen LogP contribution is -2.47. The van der Waals surface area contributed by atoms with Gasteiger partial charge < -0.3 is 10.2 Å². The van der Waals surface area contributed by atoms with Gasteiger partial charge in [0.2, 0.25) is 11.9 Å². The van der Waals surface area contributed by atoms with E-state index >= 15 is 0 Å². The van der Waals surface area contributed by atoms with E-state index in [9.17, 15) is 4.79 Å². The van der Waals surface area contributed by atoms with Crippen LogP contribution < -0.4 is 10.2 Å². The van der Waals surface area contributed by atoms with Gasteiger partial charge >= 0.3 is 0 Å². The first kappa shape index (κ1) is 22.3. The molecule has 166 valence electrons. The van der Waals surface area contributed by atoms with Gasteiger partial charge in [0.1, 0.15) is 5.25 Å². The van der Waals surface area contributed by atoms with Crippen LogP contribution in [-0.4, -0.2) is 60.0 Å². The Morgan fingerprint density at radius 1 is 0.906 bits per heavy atom. The molecular formula is C25H29N5OS. The summed E-state index contributed by atoms with van der Waals surface area (Å²) >= 11 is 1.59. The Bertz CT molecular complexity index is 950. The van der Waals surface area contributed by atoms with Crippen molar-refractivity contribution in [1.29, 1.82) is 0 Å². The number of hydrogen-bond acceptors (Lipinski definition) is 6. The molecule has 1 aliphatic heterocycles. The summed E-state index contributed by atoms with van der Waals surface area (Å²) in [6, 6.07) is 22.0. The van der Waals surface area contributed by atoms with Gasteiger partial charge in [0.05, 0.1) is 0 Å². The Kier molecular flexibility index (Phi) is 8.11. The van der Waals surface area contributed by atoms with Crippen molar-refractivity contribution in [2.75, 3.05) is 44.2 Å². The van der Waals surface area contributed by atoms with Gasteiger partial charge in [-0.25, -0.2) is 9.97 Å². The fourth-order valence-electron chi connectivity index (χ4n) is 3.77. The van der Waals surface area contributed by atoms with Gasteiger partial charge in [0, 0.05) is 50.0 Å². The molecule has 1 N–H and O–H groups in total. The van der Waals surface area contributed by atoms with Crippen LogP contribution in [0.4, 0.5) is 5.95 Å². The van der Waals surface area contributed by atoms with Crippen LogP contribution in [0.15, 0.2) is 84.0 Å². The zero-order valence-electron chi connectivity index (χ0n) is 18.1. The van der Waals surface area contributed by atoms with Gasteiger partial charge in [-0.15, -0.1) is 11.8 Å². The van der Waals surface area contributed by atoms with Crippen molar-refractivity contribution in [1.82, 2.24) is 20.2 Å².